The molecule has 2 fully saturated rings. The summed E-state index contributed by atoms with van der Waals surface area (Å²) in [6.45, 7) is 3.89. The highest BCUT2D eigenvalue weighted by Crippen LogP contribution is 2.38. The highest BCUT2D eigenvalue weighted by molar-refractivity contribution is 5.85. The fourth-order valence-electron chi connectivity index (χ4n) is 2.89. The molecule has 0 aromatic heterocycles. The van der Waals surface area contributed by atoms with Crippen molar-refractivity contribution in [2.45, 2.75) is 57.8 Å². The van der Waals surface area contributed by atoms with E-state index >= 15 is 0 Å². The van der Waals surface area contributed by atoms with Crippen LogP contribution in [0.2, 0.25) is 0 Å². The van der Waals surface area contributed by atoms with Crippen LogP contribution in [0, 0.1) is 11.8 Å². The van der Waals surface area contributed by atoms with Crippen LogP contribution < -0.4 is 5.32 Å². The van der Waals surface area contributed by atoms with Crippen molar-refractivity contribution in [2.75, 3.05) is 0 Å². The van der Waals surface area contributed by atoms with Gasteiger partial charge in [-0.2, -0.15) is 0 Å². The average molecular weight is 255 g/mol. The normalized spacial score (nSPS) is 31.6. The number of carbonyl (C=O) groups excluding carboxylic acids is 1. The first kappa shape index (κ1) is 13.3. The van der Waals surface area contributed by atoms with Crippen molar-refractivity contribution in [3.63, 3.8) is 0 Å². The molecule has 18 heavy (non-hydrogen) atoms. The van der Waals surface area contributed by atoms with E-state index in [-0.39, 0.29) is 30.0 Å². The number of rotatable bonds is 5. The van der Waals surface area contributed by atoms with Crippen LogP contribution >= 0.6 is 0 Å². The Morgan fingerprint density at radius 2 is 2.11 bits per heavy atom. The second kappa shape index (κ2) is 5.26. The number of carbonyl (C=O) groups is 2. The molecule has 3 unspecified atom stereocenters. The zero-order valence-electron chi connectivity index (χ0n) is 10.9. The van der Waals surface area contributed by atoms with E-state index < -0.39 is 12.0 Å². The van der Waals surface area contributed by atoms with Crippen LogP contribution in [0.15, 0.2) is 0 Å². The van der Waals surface area contributed by atoms with Gasteiger partial charge in [0.2, 0.25) is 5.91 Å². The standard InChI is InChI=1S/C13H21NO4/c1-7(2)5-10(13(16)17)14-12(15)9-6-8-3-4-11(9)18-8/h7-11H,3-6H2,1-2H3,(H,14,15)(H,16,17)/t8?,9?,10-,11?/m1/s1. The first-order valence-corrected chi connectivity index (χ1v) is 6.66. The Labute approximate surface area is 107 Å². The van der Waals surface area contributed by atoms with E-state index in [0.717, 1.165) is 19.3 Å². The lowest BCUT2D eigenvalue weighted by Gasteiger charge is -2.22. The number of ether oxygens (including phenoxy) is 1. The number of amides is 1. The second-order valence-electron chi connectivity index (χ2n) is 5.75. The van der Waals surface area contributed by atoms with Crippen LogP contribution in [0.3, 0.4) is 0 Å². The van der Waals surface area contributed by atoms with Crippen molar-refractivity contribution in [1.82, 2.24) is 5.32 Å². The fourth-order valence-corrected chi connectivity index (χ4v) is 2.89. The Bertz CT molecular complexity index is 342. The molecule has 102 valence electrons. The molecule has 2 heterocycles. The van der Waals surface area contributed by atoms with Gasteiger partial charge in [0.1, 0.15) is 6.04 Å². The summed E-state index contributed by atoms with van der Waals surface area (Å²) in [4.78, 5) is 23.2. The molecule has 2 N–H and O–H groups in total. The van der Waals surface area contributed by atoms with Gasteiger partial charge < -0.3 is 15.2 Å². The molecule has 2 saturated heterocycles. The summed E-state index contributed by atoms with van der Waals surface area (Å²) >= 11 is 0. The van der Waals surface area contributed by atoms with Crippen LogP contribution in [0.4, 0.5) is 0 Å². The van der Waals surface area contributed by atoms with E-state index in [1.165, 1.54) is 0 Å². The van der Waals surface area contributed by atoms with Gasteiger partial charge in [-0.25, -0.2) is 4.79 Å². The molecule has 2 aliphatic rings. The number of aliphatic carboxylic acids is 1. The summed E-state index contributed by atoms with van der Waals surface area (Å²) in [5.74, 6) is -1.03. The highest BCUT2D eigenvalue weighted by Gasteiger charge is 2.45. The molecule has 2 aliphatic heterocycles. The molecular formula is C13H21NO4. The van der Waals surface area contributed by atoms with E-state index in [2.05, 4.69) is 5.32 Å². The Morgan fingerprint density at radius 1 is 1.39 bits per heavy atom. The maximum Gasteiger partial charge on any atom is 0.326 e. The minimum atomic E-state index is -0.957. The number of nitrogens with one attached hydrogen (secondary N) is 1. The molecule has 0 spiro atoms. The van der Waals surface area contributed by atoms with Gasteiger partial charge in [-0.1, -0.05) is 13.8 Å². The summed E-state index contributed by atoms with van der Waals surface area (Å²) in [5.41, 5.74) is 0. The van der Waals surface area contributed by atoms with Gasteiger partial charge >= 0.3 is 5.97 Å². The van der Waals surface area contributed by atoms with Gasteiger partial charge in [0.05, 0.1) is 18.1 Å². The van der Waals surface area contributed by atoms with E-state index in [9.17, 15) is 9.59 Å². The van der Waals surface area contributed by atoms with Gasteiger partial charge in [0, 0.05) is 0 Å². The quantitative estimate of drug-likeness (QED) is 0.773. The van der Waals surface area contributed by atoms with Gasteiger partial charge in [0.25, 0.3) is 0 Å². The Kier molecular flexibility index (Phi) is 3.90. The van der Waals surface area contributed by atoms with E-state index in [1.54, 1.807) is 0 Å². The SMILES string of the molecule is CC(C)C[C@@H](NC(=O)C1CC2CCC1O2)C(=O)O. The van der Waals surface area contributed by atoms with Crippen molar-refractivity contribution in [2.24, 2.45) is 11.8 Å². The third-order valence-electron chi connectivity index (χ3n) is 3.76. The van der Waals surface area contributed by atoms with Crippen LogP contribution in [-0.2, 0) is 14.3 Å². The smallest absolute Gasteiger partial charge is 0.326 e. The zero-order chi connectivity index (χ0) is 13.3. The highest BCUT2D eigenvalue weighted by atomic mass is 16.5. The molecule has 2 bridgehead atoms. The zero-order valence-corrected chi connectivity index (χ0v) is 10.9. The number of hydrogen-bond acceptors (Lipinski definition) is 3. The van der Waals surface area contributed by atoms with Gasteiger partial charge in [-0.15, -0.1) is 0 Å². The summed E-state index contributed by atoms with van der Waals surface area (Å²) in [7, 11) is 0. The van der Waals surface area contributed by atoms with Crippen molar-refractivity contribution in [3.05, 3.63) is 0 Å². The fraction of sp³-hybridized carbons (Fsp3) is 0.846. The maximum atomic E-state index is 12.1. The summed E-state index contributed by atoms with van der Waals surface area (Å²) < 4.78 is 5.62. The van der Waals surface area contributed by atoms with E-state index in [4.69, 9.17) is 9.84 Å². The van der Waals surface area contributed by atoms with Gasteiger partial charge in [0.15, 0.2) is 0 Å². The lowest BCUT2D eigenvalue weighted by Crippen LogP contribution is -2.46. The second-order valence-corrected chi connectivity index (χ2v) is 5.75. The maximum absolute atomic E-state index is 12.1. The molecule has 0 aliphatic carbocycles. The molecule has 0 aromatic carbocycles. The molecule has 4 atom stereocenters. The predicted molar refractivity (Wildman–Crippen MR) is 65.0 cm³/mol. The molecule has 2 rings (SSSR count). The first-order valence-electron chi connectivity index (χ1n) is 6.66. The number of carboxylic acid groups (broad SMARTS) is 1. The lowest BCUT2D eigenvalue weighted by molar-refractivity contribution is -0.143. The van der Waals surface area contributed by atoms with Crippen molar-refractivity contribution in [3.8, 4) is 0 Å². The summed E-state index contributed by atoms with van der Waals surface area (Å²) in [6, 6.07) is -0.781. The predicted octanol–water partition coefficient (Wildman–Crippen LogP) is 1.17. The minimum Gasteiger partial charge on any atom is -0.480 e. The Hall–Kier alpha value is -1.10. The Balaban J connectivity index is 1.91. The third-order valence-corrected chi connectivity index (χ3v) is 3.76. The molecule has 5 nitrogen and oxygen atoms in total. The largest absolute Gasteiger partial charge is 0.480 e. The molecular weight excluding hydrogens is 234 g/mol. The van der Waals surface area contributed by atoms with Crippen LogP contribution in [-0.4, -0.2) is 35.2 Å². The van der Waals surface area contributed by atoms with Crippen molar-refractivity contribution >= 4 is 11.9 Å². The van der Waals surface area contributed by atoms with Crippen molar-refractivity contribution in [1.29, 1.82) is 0 Å². The Morgan fingerprint density at radius 3 is 2.56 bits per heavy atom. The topological polar surface area (TPSA) is 75.6 Å². The molecule has 0 saturated carbocycles. The van der Waals surface area contributed by atoms with Gasteiger partial charge in [-0.3, -0.25) is 4.79 Å². The van der Waals surface area contributed by atoms with Gasteiger partial charge in [-0.05, 0) is 31.6 Å². The number of carboxylic acids is 1. The average Bonchev–Trinajstić information content (AvgIpc) is 2.88. The molecule has 0 aromatic rings. The number of fused-ring (bicyclic) bond motifs is 2. The van der Waals surface area contributed by atoms with Crippen molar-refractivity contribution < 1.29 is 19.4 Å². The summed E-state index contributed by atoms with van der Waals surface area (Å²) in [6.07, 6.45) is 3.36. The van der Waals surface area contributed by atoms with Crippen LogP contribution in [0.1, 0.15) is 39.5 Å². The third kappa shape index (κ3) is 2.83. The molecule has 1 amide bonds. The van der Waals surface area contributed by atoms with E-state index in [0.29, 0.717) is 6.42 Å². The lowest BCUT2D eigenvalue weighted by atomic mass is 9.88. The molecule has 0 radical (unpaired) electrons. The summed E-state index contributed by atoms with van der Waals surface area (Å²) in [5, 5.41) is 11.8. The monoisotopic (exact) mass is 255 g/mol. The number of hydrogen-bond donors (Lipinski definition) is 2. The van der Waals surface area contributed by atoms with Crippen LogP contribution in [0.25, 0.3) is 0 Å². The first-order chi connectivity index (χ1) is 8.47. The molecule has 5 heteroatoms. The van der Waals surface area contributed by atoms with E-state index in [1.807, 2.05) is 13.8 Å². The minimum absolute atomic E-state index is 0.00324. The van der Waals surface area contributed by atoms with Crippen LogP contribution in [0.5, 0.6) is 0 Å².